The van der Waals surface area contributed by atoms with Gasteiger partial charge < -0.3 is 5.11 Å². The average Bonchev–Trinajstić information content (AvgIpc) is 2.43. The molecule has 0 radical (unpaired) electrons. The van der Waals surface area contributed by atoms with Gasteiger partial charge in [0.2, 0.25) is 0 Å². The van der Waals surface area contributed by atoms with Gasteiger partial charge in [0.25, 0.3) is 0 Å². The minimum atomic E-state index is -0.766. The normalized spacial score (nSPS) is 11.3. The number of rotatable bonds is 9. The van der Waals surface area contributed by atoms with Crippen LogP contribution in [-0.2, 0) is 0 Å². The molecule has 1 nitrogen and oxygen atoms in total. The fourth-order valence-corrected chi connectivity index (χ4v) is 1.57. The molecule has 1 atom stereocenters. The summed E-state index contributed by atoms with van der Waals surface area (Å²) in [7, 11) is 0. The third-order valence-electron chi connectivity index (χ3n) is 2.71. The summed E-state index contributed by atoms with van der Waals surface area (Å²) >= 11 is 0. The SMILES string of the molecule is C=CC(O)C#CC#CCC=CCCCCCCCC. The van der Waals surface area contributed by atoms with Crippen LogP contribution in [0.4, 0.5) is 0 Å². The molecule has 19 heavy (non-hydrogen) atoms. The van der Waals surface area contributed by atoms with Crippen LogP contribution < -0.4 is 0 Å². The zero-order valence-electron chi connectivity index (χ0n) is 12.1. The highest BCUT2D eigenvalue weighted by atomic mass is 16.3. The molecule has 0 spiro atoms. The smallest absolute Gasteiger partial charge is 0.134 e. The van der Waals surface area contributed by atoms with E-state index in [0.717, 1.165) is 12.8 Å². The summed E-state index contributed by atoms with van der Waals surface area (Å²) in [5.74, 6) is 10.8. The Morgan fingerprint density at radius 3 is 2.53 bits per heavy atom. The Labute approximate surface area is 118 Å². The van der Waals surface area contributed by atoms with Crippen molar-refractivity contribution in [2.24, 2.45) is 0 Å². The van der Waals surface area contributed by atoms with Crippen LogP contribution >= 0.6 is 0 Å². The maximum atomic E-state index is 9.06. The summed E-state index contributed by atoms with van der Waals surface area (Å²) in [6, 6.07) is 0. The van der Waals surface area contributed by atoms with Gasteiger partial charge in [-0.1, -0.05) is 75.7 Å². The molecule has 0 aromatic rings. The Hall–Kier alpha value is -1.44. The van der Waals surface area contributed by atoms with Gasteiger partial charge in [-0.05, 0) is 24.7 Å². The Bertz CT molecular complexity index is 357. The molecule has 0 aliphatic carbocycles. The van der Waals surface area contributed by atoms with Crippen molar-refractivity contribution in [2.45, 2.75) is 64.4 Å². The maximum absolute atomic E-state index is 9.06. The highest BCUT2D eigenvalue weighted by Crippen LogP contribution is 2.07. The number of allylic oxidation sites excluding steroid dienone is 2. The predicted octanol–water partition coefficient (Wildman–Crippen LogP) is 4.24. The van der Waals surface area contributed by atoms with Crippen molar-refractivity contribution >= 4 is 0 Å². The summed E-state index contributed by atoms with van der Waals surface area (Å²) in [6.07, 6.45) is 14.8. The molecular weight excluding hydrogens is 232 g/mol. The molecule has 1 heteroatoms. The number of hydrogen-bond acceptors (Lipinski definition) is 1. The monoisotopic (exact) mass is 258 g/mol. The highest BCUT2D eigenvalue weighted by Gasteiger charge is 1.87. The van der Waals surface area contributed by atoms with Gasteiger partial charge in [0.05, 0.1) is 0 Å². The standard InChI is InChI=1S/C18H26O/c1-3-5-6-7-8-9-10-11-12-13-14-15-16-17-18(19)4-2/h4,11-12,18-19H,2-3,5-10,13H2,1H3. The van der Waals surface area contributed by atoms with E-state index < -0.39 is 6.10 Å². The summed E-state index contributed by atoms with van der Waals surface area (Å²) in [5.41, 5.74) is 0. The van der Waals surface area contributed by atoms with Gasteiger partial charge in [-0.15, -0.1) is 0 Å². The van der Waals surface area contributed by atoms with Crippen LogP contribution in [0.25, 0.3) is 0 Å². The first kappa shape index (κ1) is 17.6. The molecule has 1 unspecified atom stereocenters. The minimum Gasteiger partial charge on any atom is -0.377 e. The Balaban J connectivity index is 3.46. The molecule has 0 saturated carbocycles. The van der Waals surface area contributed by atoms with Gasteiger partial charge in [-0.25, -0.2) is 0 Å². The first-order chi connectivity index (χ1) is 9.31. The van der Waals surface area contributed by atoms with Gasteiger partial charge in [-0.2, -0.15) is 0 Å². The van der Waals surface area contributed by atoms with Crippen molar-refractivity contribution in [3.63, 3.8) is 0 Å². The molecule has 0 rings (SSSR count). The molecule has 0 aromatic heterocycles. The number of hydrogen-bond donors (Lipinski definition) is 1. The van der Waals surface area contributed by atoms with E-state index in [1.54, 1.807) is 0 Å². The number of aliphatic hydroxyl groups excluding tert-OH is 1. The third-order valence-corrected chi connectivity index (χ3v) is 2.71. The molecule has 0 bridgehead atoms. The zero-order chi connectivity index (χ0) is 14.2. The second-order valence-corrected chi connectivity index (χ2v) is 4.48. The van der Waals surface area contributed by atoms with Crippen molar-refractivity contribution in [3.05, 3.63) is 24.8 Å². The molecule has 0 aromatic carbocycles. The first-order valence-corrected chi connectivity index (χ1v) is 7.25. The fourth-order valence-electron chi connectivity index (χ4n) is 1.57. The lowest BCUT2D eigenvalue weighted by atomic mass is 10.1. The van der Waals surface area contributed by atoms with Crippen molar-refractivity contribution < 1.29 is 5.11 Å². The highest BCUT2D eigenvalue weighted by molar-refractivity contribution is 5.29. The van der Waals surface area contributed by atoms with E-state index in [-0.39, 0.29) is 0 Å². The van der Waals surface area contributed by atoms with Crippen LogP contribution in [0.5, 0.6) is 0 Å². The van der Waals surface area contributed by atoms with Gasteiger partial charge in [0.15, 0.2) is 0 Å². The van der Waals surface area contributed by atoms with Crippen LogP contribution in [0.15, 0.2) is 24.8 Å². The first-order valence-electron chi connectivity index (χ1n) is 7.25. The van der Waals surface area contributed by atoms with Crippen LogP contribution in [0, 0.1) is 23.7 Å². The van der Waals surface area contributed by atoms with Crippen molar-refractivity contribution in [3.8, 4) is 23.7 Å². The molecule has 0 aliphatic heterocycles. The topological polar surface area (TPSA) is 20.2 Å². The van der Waals surface area contributed by atoms with Crippen LogP contribution in [0.2, 0.25) is 0 Å². The van der Waals surface area contributed by atoms with Crippen LogP contribution in [0.1, 0.15) is 58.3 Å². The molecule has 104 valence electrons. The Morgan fingerprint density at radius 2 is 1.79 bits per heavy atom. The lowest BCUT2D eigenvalue weighted by Crippen LogP contribution is -1.94. The van der Waals surface area contributed by atoms with E-state index in [1.807, 2.05) is 0 Å². The molecule has 0 aliphatic rings. The van der Waals surface area contributed by atoms with Crippen molar-refractivity contribution in [1.29, 1.82) is 0 Å². The third kappa shape index (κ3) is 14.5. The van der Waals surface area contributed by atoms with Gasteiger partial charge in [0, 0.05) is 6.42 Å². The molecule has 0 heterocycles. The molecule has 0 saturated heterocycles. The lowest BCUT2D eigenvalue weighted by Gasteiger charge is -1.97. The van der Waals surface area contributed by atoms with Gasteiger partial charge in [-0.3, -0.25) is 0 Å². The lowest BCUT2D eigenvalue weighted by molar-refractivity contribution is 0.281. The maximum Gasteiger partial charge on any atom is 0.134 e. The predicted molar refractivity (Wildman–Crippen MR) is 83.5 cm³/mol. The second kappa shape index (κ2) is 14.6. The largest absolute Gasteiger partial charge is 0.377 e. The van der Waals surface area contributed by atoms with Crippen molar-refractivity contribution in [2.75, 3.05) is 0 Å². The minimum absolute atomic E-state index is 0.731. The summed E-state index contributed by atoms with van der Waals surface area (Å²) in [6.45, 7) is 5.67. The summed E-state index contributed by atoms with van der Waals surface area (Å²) in [4.78, 5) is 0. The summed E-state index contributed by atoms with van der Waals surface area (Å²) in [5, 5.41) is 9.06. The van der Waals surface area contributed by atoms with E-state index in [1.165, 1.54) is 44.6 Å². The molecule has 0 fully saturated rings. The quantitative estimate of drug-likeness (QED) is 0.372. The van der Waals surface area contributed by atoms with E-state index in [2.05, 4.69) is 49.3 Å². The fraction of sp³-hybridized carbons (Fsp3) is 0.556. The number of aliphatic hydroxyl groups is 1. The molecule has 0 amide bonds. The van der Waals surface area contributed by atoms with Crippen LogP contribution in [-0.4, -0.2) is 11.2 Å². The van der Waals surface area contributed by atoms with Gasteiger partial charge in [0.1, 0.15) is 6.10 Å². The van der Waals surface area contributed by atoms with E-state index in [4.69, 9.17) is 5.11 Å². The molecular formula is C18H26O. The average molecular weight is 258 g/mol. The van der Waals surface area contributed by atoms with Crippen LogP contribution in [0.3, 0.4) is 0 Å². The van der Waals surface area contributed by atoms with E-state index in [0.29, 0.717) is 0 Å². The van der Waals surface area contributed by atoms with Crippen molar-refractivity contribution in [1.82, 2.24) is 0 Å². The Morgan fingerprint density at radius 1 is 1.05 bits per heavy atom. The number of unbranched alkanes of at least 4 members (excludes halogenated alkanes) is 6. The Kier molecular flexibility index (Phi) is 13.5. The van der Waals surface area contributed by atoms with E-state index in [9.17, 15) is 0 Å². The zero-order valence-corrected chi connectivity index (χ0v) is 12.1. The summed E-state index contributed by atoms with van der Waals surface area (Å²) < 4.78 is 0. The second-order valence-electron chi connectivity index (χ2n) is 4.48. The van der Waals surface area contributed by atoms with E-state index >= 15 is 0 Å². The molecule has 1 N–H and O–H groups in total. The van der Waals surface area contributed by atoms with Gasteiger partial charge >= 0.3 is 0 Å².